The number of carbonyl (C=O) groups excluding carboxylic acids is 1. The van der Waals surface area contributed by atoms with E-state index in [4.69, 9.17) is 0 Å². The lowest BCUT2D eigenvalue weighted by molar-refractivity contribution is 0.101. The van der Waals surface area contributed by atoms with Crippen LogP contribution in [0.3, 0.4) is 0 Å². The summed E-state index contributed by atoms with van der Waals surface area (Å²) in [6, 6.07) is 24.9. The van der Waals surface area contributed by atoms with Gasteiger partial charge in [-0.15, -0.1) is 16.4 Å². The standard InChI is InChI=1S/C22H16N6OS/c29-22(23-19-13-14-27(25-19)16-8-3-1-4-9-16)20-24-21(18-12-7-15-30-18)28(26-20)17-10-5-2-6-11-17/h1-15H,(H,23,25,29). The first-order chi connectivity index (χ1) is 14.8. The van der Waals surface area contributed by atoms with Crippen LogP contribution in [-0.2, 0) is 0 Å². The Hall–Kier alpha value is -4.04. The maximum Gasteiger partial charge on any atom is 0.296 e. The van der Waals surface area contributed by atoms with Crippen LogP contribution in [0.4, 0.5) is 5.82 Å². The molecule has 0 aliphatic carbocycles. The van der Waals surface area contributed by atoms with Gasteiger partial charge in [0.2, 0.25) is 5.82 Å². The Balaban J connectivity index is 1.45. The highest BCUT2D eigenvalue weighted by atomic mass is 32.1. The molecule has 8 heteroatoms. The first kappa shape index (κ1) is 18.0. The van der Waals surface area contributed by atoms with Crippen molar-refractivity contribution < 1.29 is 4.79 Å². The molecule has 0 aliphatic heterocycles. The number of carbonyl (C=O) groups is 1. The maximum absolute atomic E-state index is 12.8. The van der Waals surface area contributed by atoms with Crippen molar-refractivity contribution >= 4 is 23.1 Å². The molecule has 3 heterocycles. The van der Waals surface area contributed by atoms with Gasteiger partial charge < -0.3 is 5.32 Å². The van der Waals surface area contributed by atoms with E-state index in [9.17, 15) is 4.79 Å². The topological polar surface area (TPSA) is 77.6 Å². The third-order valence-electron chi connectivity index (χ3n) is 4.40. The summed E-state index contributed by atoms with van der Waals surface area (Å²) in [6.07, 6.45) is 1.79. The molecule has 0 unspecified atom stereocenters. The molecule has 2 aromatic carbocycles. The Morgan fingerprint density at radius 3 is 2.27 bits per heavy atom. The molecule has 0 spiro atoms. The van der Waals surface area contributed by atoms with Gasteiger partial charge in [-0.05, 0) is 35.7 Å². The van der Waals surface area contributed by atoms with Crippen molar-refractivity contribution in [1.82, 2.24) is 24.5 Å². The summed E-state index contributed by atoms with van der Waals surface area (Å²) in [4.78, 5) is 18.3. The number of para-hydroxylation sites is 2. The highest BCUT2D eigenvalue weighted by molar-refractivity contribution is 7.13. The zero-order chi connectivity index (χ0) is 20.3. The van der Waals surface area contributed by atoms with Crippen molar-refractivity contribution in [3.8, 4) is 22.1 Å². The molecular weight excluding hydrogens is 396 g/mol. The van der Waals surface area contributed by atoms with Crippen LogP contribution in [0.5, 0.6) is 0 Å². The van der Waals surface area contributed by atoms with E-state index in [2.05, 4.69) is 20.5 Å². The highest BCUT2D eigenvalue weighted by Gasteiger charge is 2.20. The predicted octanol–water partition coefficient (Wildman–Crippen LogP) is 4.43. The van der Waals surface area contributed by atoms with Gasteiger partial charge in [0.05, 0.1) is 16.3 Å². The van der Waals surface area contributed by atoms with Gasteiger partial charge >= 0.3 is 0 Å². The molecule has 146 valence electrons. The lowest BCUT2D eigenvalue weighted by atomic mass is 10.3. The van der Waals surface area contributed by atoms with Crippen LogP contribution in [0.15, 0.2) is 90.4 Å². The van der Waals surface area contributed by atoms with Crippen molar-refractivity contribution in [2.24, 2.45) is 0 Å². The summed E-state index contributed by atoms with van der Waals surface area (Å²) in [6.45, 7) is 0. The van der Waals surface area contributed by atoms with Crippen molar-refractivity contribution in [2.75, 3.05) is 5.32 Å². The van der Waals surface area contributed by atoms with Crippen LogP contribution >= 0.6 is 11.3 Å². The van der Waals surface area contributed by atoms with Gasteiger partial charge in [-0.1, -0.05) is 42.5 Å². The maximum atomic E-state index is 12.8. The van der Waals surface area contributed by atoms with Crippen molar-refractivity contribution in [3.63, 3.8) is 0 Å². The number of rotatable bonds is 5. The molecule has 3 aromatic heterocycles. The van der Waals surface area contributed by atoms with Crippen LogP contribution in [0.25, 0.3) is 22.1 Å². The summed E-state index contributed by atoms with van der Waals surface area (Å²) < 4.78 is 3.38. The Morgan fingerprint density at radius 2 is 1.57 bits per heavy atom. The monoisotopic (exact) mass is 412 g/mol. The molecule has 0 saturated carbocycles. The molecule has 7 nitrogen and oxygen atoms in total. The van der Waals surface area contributed by atoms with Gasteiger partial charge in [0.1, 0.15) is 0 Å². The fourth-order valence-corrected chi connectivity index (χ4v) is 3.71. The largest absolute Gasteiger partial charge is 0.302 e. The molecule has 30 heavy (non-hydrogen) atoms. The third kappa shape index (κ3) is 3.51. The average Bonchev–Trinajstić information content (AvgIpc) is 3.55. The lowest BCUT2D eigenvalue weighted by Crippen LogP contribution is -2.15. The minimum Gasteiger partial charge on any atom is -0.302 e. The van der Waals surface area contributed by atoms with Crippen molar-refractivity contribution in [3.05, 3.63) is 96.3 Å². The second-order valence-electron chi connectivity index (χ2n) is 6.42. The normalized spacial score (nSPS) is 10.8. The molecule has 0 radical (unpaired) electrons. The zero-order valence-electron chi connectivity index (χ0n) is 15.7. The highest BCUT2D eigenvalue weighted by Crippen LogP contribution is 2.25. The van der Waals surface area contributed by atoms with E-state index in [1.165, 1.54) is 0 Å². The molecule has 1 amide bonds. The Morgan fingerprint density at radius 1 is 0.833 bits per heavy atom. The third-order valence-corrected chi connectivity index (χ3v) is 5.27. The Kier molecular flexibility index (Phi) is 4.66. The Labute approximate surface area is 176 Å². The molecule has 0 atom stereocenters. The summed E-state index contributed by atoms with van der Waals surface area (Å²) in [7, 11) is 0. The number of anilines is 1. The van der Waals surface area contributed by atoms with Crippen LogP contribution in [-0.4, -0.2) is 30.5 Å². The molecule has 0 fully saturated rings. The van der Waals surface area contributed by atoms with E-state index in [0.717, 1.165) is 16.3 Å². The fourth-order valence-electron chi connectivity index (χ4n) is 3.01. The molecule has 0 bridgehead atoms. The van der Waals surface area contributed by atoms with Gasteiger partial charge in [0.15, 0.2) is 11.6 Å². The number of hydrogen-bond donors (Lipinski definition) is 1. The minimum atomic E-state index is -0.416. The number of nitrogens with one attached hydrogen (secondary N) is 1. The lowest BCUT2D eigenvalue weighted by Gasteiger charge is -2.03. The van der Waals surface area contributed by atoms with E-state index in [1.54, 1.807) is 33.0 Å². The molecule has 1 N–H and O–H groups in total. The molecule has 5 rings (SSSR count). The number of amides is 1. The van der Waals surface area contributed by atoms with Gasteiger partial charge in [-0.25, -0.2) is 14.3 Å². The second-order valence-corrected chi connectivity index (χ2v) is 7.37. The Bertz CT molecular complexity index is 1280. The van der Waals surface area contributed by atoms with Crippen molar-refractivity contribution in [2.45, 2.75) is 0 Å². The van der Waals surface area contributed by atoms with Crippen LogP contribution in [0.1, 0.15) is 10.6 Å². The van der Waals surface area contributed by atoms with Gasteiger partial charge in [-0.2, -0.15) is 5.10 Å². The minimum absolute atomic E-state index is 0.0801. The summed E-state index contributed by atoms with van der Waals surface area (Å²) in [5.74, 6) is 0.714. The second kappa shape index (κ2) is 7.76. The van der Waals surface area contributed by atoms with Gasteiger partial charge in [0.25, 0.3) is 5.91 Å². The van der Waals surface area contributed by atoms with Crippen LogP contribution in [0.2, 0.25) is 0 Å². The van der Waals surface area contributed by atoms with E-state index in [0.29, 0.717) is 11.6 Å². The number of hydrogen-bond acceptors (Lipinski definition) is 5. The number of nitrogens with zero attached hydrogens (tertiary/aromatic N) is 5. The zero-order valence-corrected chi connectivity index (χ0v) is 16.5. The number of thiophene rings is 1. The van der Waals surface area contributed by atoms with E-state index >= 15 is 0 Å². The molecule has 0 saturated heterocycles. The first-order valence-electron chi connectivity index (χ1n) is 9.27. The van der Waals surface area contributed by atoms with E-state index < -0.39 is 5.91 Å². The number of aromatic nitrogens is 5. The quantitative estimate of drug-likeness (QED) is 0.463. The SMILES string of the molecule is O=C(Nc1ccn(-c2ccccc2)n1)c1nc(-c2cccs2)n(-c2ccccc2)n1. The van der Waals surface area contributed by atoms with E-state index in [-0.39, 0.29) is 5.82 Å². The van der Waals surface area contributed by atoms with Crippen molar-refractivity contribution in [1.29, 1.82) is 0 Å². The molecular formula is C22H16N6OS. The summed E-state index contributed by atoms with van der Waals surface area (Å²) in [5, 5.41) is 13.6. The molecule has 5 aromatic rings. The van der Waals surface area contributed by atoms with Crippen LogP contribution in [0, 0.1) is 0 Å². The average molecular weight is 412 g/mol. The van der Waals surface area contributed by atoms with Gasteiger partial charge in [-0.3, -0.25) is 4.79 Å². The smallest absolute Gasteiger partial charge is 0.296 e. The fraction of sp³-hybridized carbons (Fsp3) is 0. The van der Waals surface area contributed by atoms with Gasteiger partial charge in [0, 0.05) is 12.3 Å². The number of benzene rings is 2. The van der Waals surface area contributed by atoms with Crippen LogP contribution < -0.4 is 5.32 Å². The summed E-state index contributed by atoms with van der Waals surface area (Å²) >= 11 is 1.54. The summed E-state index contributed by atoms with van der Waals surface area (Å²) in [5.41, 5.74) is 1.74. The molecule has 0 aliphatic rings. The predicted molar refractivity (Wildman–Crippen MR) is 116 cm³/mol. The van der Waals surface area contributed by atoms with E-state index in [1.807, 2.05) is 78.2 Å². The first-order valence-corrected chi connectivity index (χ1v) is 10.1.